The smallest absolute Gasteiger partial charge is 0.324 e. The molecule has 2 unspecified atom stereocenters. The van der Waals surface area contributed by atoms with Crippen molar-refractivity contribution in [2.45, 2.75) is 52.0 Å². The Morgan fingerprint density at radius 3 is 2.81 bits per heavy atom. The van der Waals surface area contributed by atoms with Crippen LogP contribution in [0, 0.1) is 5.92 Å². The normalized spacial score (nSPS) is 23.5. The predicted octanol–water partition coefficient (Wildman–Crippen LogP) is 2.47. The minimum Gasteiger partial charge on any atom is -0.464 e. The van der Waals surface area contributed by atoms with Crippen LogP contribution in [0.25, 0.3) is 0 Å². The zero-order valence-corrected chi connectivity index (χ0v) is 15.5. The first-order valence-corrected chi connectivity index (χ1v) is 9.45. The number of urea groups is 1. The summed E-state index contributed by atoms with van der Waals surface area (Å²) >= 11 is 0. The number of imide groups is 1. The molecular formula is C19H27N3O4. The average molecular weight is 361 g/mol. The van der Waals surface area contributed by atoms with Gasteiger partial charge in [0, 0.05) is 25.9 Å². The highest BCUT2D eigenvalue weighted by molar-refractivity contribution is 6.01. The Morgan fingerprint density at radius 1 is 1.35 bits per heavy atom. The van der Waals surface area contributed by atoms with Crippen molar-refractivity contribution in [2.75, 3.05) is 19.6 Å². The SMILES string of the molecule is CCc1ccc(C2CC(C)CCN2C(=O)CCCN2C(=O)CNC2=O)o1. The van der Waals surface area contributed by atoms with Crippen molar-refractivity contribution in [2.24, 2.45) is 5.92 Å². The average Bonchev–Trinajstić information content (AvgIpc) is 3.23. The molecule has 2 saturated heterocycles. The van der Waals surface area contributed by atoms with Crippen LogP contribution in [0.2, 0.25) is 0 Å². The highest BCUT2D eigenvalue weighted by Crippen LogP contribution is 2.35. The predicted molar refractivity (Wildman–Crippen MR) is 95.3 cm³/mol. The van der Waals surface area contributed by atoms with Gasteiger partial charge in [-0.1, -0.05) is 13.8 Å². The molecule has 7 heteroatoms. The molecule has 0 aliphatic carbocycles. The number of hydrogen-bond acceptors (Lipinski definition) is 4. The lowest BCUT2D eigenvalue weighted by atomic mass is 9.90. The van der Waals surface area contributed by atoms with Crippen LogP contribution in [0.4, 0.5) is 4.79 Å². The largest absolute Gasteiger partial charge is 0.464 e. The summed E-state index contributed by atoms with van der Waals surface area (Å²) in [6, 6.07) is 3.57. The van der Waals surface area contributed by atoms with E-state index < -0.39 is 0 Å². The second kappa shape index (κ2) is 7.93. The molecule has 1 aromatic heterocycles. The minimum atomic E-state index is -0.366. The van der Waals surface area contributed by atoms with Crippen LogP contribution in [-0.4, -0.2) is 47.3 Å². The number of piperidine rings is 1. The van der Waals surface area contributed by atoms with Gasteiger partial charge in [-0.15, -0.1) is 0 Å². The van der Waals surface area contributed by atoms with E-state index in [2.05, 4.69) is 12.2 Å². The number of amides is 4. The van der Waals surface area contributed by atoms with E-state index in [9.17, 15) is 14.4 Å². The van der Waals surface area contributed by atoms with Crippen LogP contribution < -0.4 is 5.32 Å². The summed E-state index contributed by atoms with van der Waals surface area (Å²) in [5.41, 5.74) is 0. The van der Waals surface area contributed by atoms with Crippen molar-refractivity contribution >= 4 is 17.8 Å². The van der Waals surface area contributed by atoms with E-state index >= 15 is 0 Å². The van der Waals surface area contributed by atoms with Gasteiger partial charge in [0.05, 0.1) is 12.6 Å². The van der Waals surface area contributed by atoms with E-state index in [0.29, 0.717) is 18.8 Å². The van der Waals surface area contributed by atoms with Crippen molar-refractivity contribution in [3.63, 3.8) is 0 Å². The van der Waals surface area contributed by atoms with E-state index in [4.69, 9.17) is 4.42 Å². The molecule has 0 spiro atoms. The molecule has 3 heterocycles. The van der Waals surface area contributed by atoms with Gasteiger partial charge >= 0.3 is 6.03 Å². The van der Waals surface area contributed by atoms with Crippen LogP contribution >= 0.6 is 0 Å². The van der Waals surface area contributed by atoms with Gasteiger partial charge in [-0.25, -0.2) is 4.79 Å². The number of likely N-dealkylation sites (tertiary alicyclic amines) is 1. The summed E-state index contributed by atoms with van der Waals surface area (Å²) < 4.78 is 5.92. The monoisotopic (exact) mass is 361 g/mol. The molecule has 0 saturated carbocycles. The second-order valence-corrected chi connectivity index (χ2v) is 7.20. The third-order valence-electron chi connectivity index (χ3n) is 5.25. The fourth-order valence-corrected chi connectivity index (χ4v) is 3.69. The van der Waals surface area contributed by atoms with Gasteiger partial charge in [-0.3, -0.25) is 14.5 Å². The molecule has 3 rings (SSSR count). The zero-order valence-electron chi connectivity index (χ0n) is 15.5. The summed E-state index contributed by atoms with van der Waals surface area (Å²) in [5.74, 6) is 2.17. The maximum Gasteiger partial charge on any atom is 0.324 e. The van der Waals surface area contributed by atoms with Crippen molar-refractivity contribution in [1.29, 1.82) is 0 Å². The number of rotatable bonds is 6. The topological polar surface area (TPSA) is 82.9 Å². The number of hydrogen-bond donors (Lipinski definition) is 1. The highest BCUT2D eigenvalue weighted by atomic mass is 16.3. The number of nitrogens with zero attached hydrogens (tertiary/aromatic N) is 2. The standard InChI is InChI=1S/C19H27N3O4/c1-3-14-6-7-16(26-14)15-11-13(2)8-10-21(15)17(23)5-4-9-22-18(24)12-20-19(22)25/h6-7,13,15H,3-5,8-12H2,1-2H3,(H,20,25). The summed E-state index contributed by atoms with van der Waals surface area (Å²) in [6.07, 6.45) is 3.52. The van der Waals surface area contributed by atoms with E-state index in [1.807, 2.05) is 24.0 Å². The summed E-state index contributed by atoms with van der Waals surface area (Å²) in [6.45, 7) is 5.31. The van der Waals surface area contributed by atoms with Gasteiger partial charge < -0.3 is 14.6 Å². The molecule has 0 aromatic carbocycles. The maximum absolute atomic E-state index is 12.8. The molecule has 1 N–H and O–H groups in total. The number of nitrogens with one attached hydrogen (secondary N) is 1. The molecule has 2 aliphatic heterocycles. The van der Waals surface area contributed by atoms with Crippen LogP contribution in [-0.2, 0) is 16.0 Å². The Kier molecular flexibility index (Phi) is 5.64. The number of carbonyl (C=O) groups is 3. The van der Waals surface area contributed by atoms with E-state index in [1.54, 1.807) is 0 Å². The summed E-state index contributed by atoms with van der Waals surface area (Å²) in [7, 11) is 0. The minimum absolute atomic E-state index is 0.0248. The fourth-order valence-electron chi connectivity index (χ4n) is 3.69. The van der Waals surface area contributed by atoms with Crippen LogP contribution in [0.5, 0.6) is 0 Å². The van der Waals surface area contributed by atoms with Gasteiger partial charge in [0.1, 0.15) is 11.5 Å². The first-order chi connectivity index (χ1) is 12.5. The number of carbonyl (C=O) groups excluding carboxylic acids is 3. The molecule has 26 heavy (non-hydrogen) atoms. The number of aryl methyl sites for hydroxylation is 1. The van der Waals surface area contributed by atoms with Gasteiger partial charge in [0.25, 0.3) is 0 Å². The van der Waals surface area contributed by atoms with Crippen molar-refractivity contribution in [1.82, 2.24) is 15.1 Å². The Morgan fingerprint density at radius 2 is 2.15 bits per heavy atom. The van der Waals surface area contributed by atoms with Crippen LogP contribution in [0.3, 0.4) is 0 Å². The number of furan rings is 1. The highest BCUT2D eigenvalue weighted by Gasteiger charge is 2.33. The van der Waals surface area contributed by atoms with Crippen molar-refractivity contribution < 1.29 is 18.8 Å². The maximum atomic E-state index is 12.8. The van der Waals surface area contributed by atoms with E-state index in [-0.39, 0.29) is 37.0 Å². The molecular weight excluding hydrogens is 334 g/mol. The molecule has 2 aliphatic rings. The lowest BCUT2D eigenvalue weighted by Crippen LogP contribution is -2.41. The molecule has 7 nitrogen and oxygen atoms in total. The summed E-state index contributed by atoms with van der Waals surface area (Å²) in [5, 5.41) is 2.49. The molecule has 0 radical (unpaired) electrons. The van der Waals surface area contributed by atoms with Crippen LogP contribution in [0.15, 0.2) is 16.5 Å². The van der Waals surface area contributed by atoms with Crippen molar-refractivity contribution in [3.8, 4) is 0 Å². The van der Waals surface area contributed by atoms with E-state index in [1.165, 1.54) is 4.90 Å². The first-order valence-electron chi connectivity index (χ1n) is 9.45. The Balaban J connectivity index is 1.60. The Hall–Kier alpha value is -2.31. The third-order valence-corrected chi connectivity index (χ3v) is 5.25. The zero-order chi connectivity index (χ0) is 18.7. The fraction of sp³-hybridized carbons (Fsp3) is 0.632. The lowest BCUT2D eigenvalue weighted by molar-refractivity contribution is -0.136. The molecule has 4 amide bonds. The quantitative estimate of drug-likeness (QED) is 0.789. The molecule has 2 fully saturated rings. The summed E-state index contributed by atoms with van der Waals surface area (Å²) in [4.78, 5) is 39.0. The molecule has 142 valence electrons. The first kappa shape index (κ1) is 18.5. The lowest BCUT2D eigenvalue weighted by Gasteiger charge is -2.37. The Bertz CT molecular complexity index is 668. The molecule has 0 bridgehead atoms. The third kappa shape index (κ3) is 3.92. The second-order valence-electron chi connectivity index (χ2n) is 7.20. The molecule has 1 aromatic rings. The molecule has 2 atom stereocenters. The van der Waals surface area contributed by atoms with Crippen LogP contribution in [0.1, 0.15) is 57.1 Å². The van der Waals surface area contributed by atoms with E-state index in [0.717, 1.165) is 37.3 Å². The van der Waals surface area contributed by atoms with Gasteiger partial charge in [-0.2, -0.15) is 0 Å². The van der Waals surface area contributed by atoms with Gasteiger partial charge in [-0.05, 0) is 37.3 Å². The van der Waals surface area contributed by atoms with Gasteiger partial charge in [0.15, 0.2) is 0 Å². The Labute approximate surface area is 153 Å². The van der Waals surface area contributed by atoms with Gasteiger partial charge in [0.2, 0.25) is 11.8 Å². The van der Waals surface area contributed by atoms with Crippen molar-refractivity contribution in [3.05, 3.63) is 23.7 Å².